The average Bonchev–Trinajstić information content (AvgIpc) is 4.08. The molecule has 0 amide bonds. The Morgan fingerprint density at radius 1 is 0.466 bits per heavy atom. The summed E-state index contributed by atoms with van der Waals surface area (Å²) >= 11 is 0. The fraction of sp³-hybridized carbons (Fsp3) is 0.469. The van der Waals surface area contributed by atoms with Gasteiger partial charge in [0.05, 0.1) is 51.5 Å². The van der Waals surface area contributed by atoms with Crippen molar-refractivity contribution in [2.75, 3.05) is 19.8 Å². The van der Waals surface area contributed by atoms with Crippen molar-refractivity contribution in [2.45, 2.75) is 45.8 Å². The molecule has 3 fully saturated rings. The van der Waals surface area contributed by atoms with Crippen LogP contribution in [0.2, 0.25) is 0 Å². The first-order chi connectivity index (χ1) is 28.1. The van der Waals surface area contributed by atoms with Crippen LogP contribution in [0.5, 0.6) is 0 Å². The maximum absolute atomic E-state index is 11.4. The summed E-state index contributed by atoms with van der Waals surface area (Å²) in [5, 5.41) is 18.7. The molecule has 3 aromatic carbocycles. The highest BCUT2D eigenvalue weighted by atomic mass is 16.5. The molecule has 0 saturated heterocycles. The number of nitrogens with two attached hydrogens (primary N) is 2. The monoisotopic (exact) mass is 788 g/mol. The SMILES string of the molecule is C[C@@H]1C2C=CC(C2COCc2ccccc2)[C@H]1C.N[C@@H]1C2C=CC(C2COCc2ccccc2)[C@H]1N.O=C(O)[C@@H]1C2C=CC(C2COCc2ccccc2)[C@H]1C(=O)O. The van der Waals surface area contributed by atoms with E-state index in [1.165, 1.54) is 11.1 Å². The third kappa shape index (κ3) is 9.09. The van der Waals surface area contributed by atoms with Crippen LogP contribution >= 0.6 is 0 Å². The van der Waals surface area contributed by atoms with E-state index in [0.29, 0.717) is 37.6 Å². The minimum Gasteiger partial charge on any atom is -0.481 e. The molecule has 0 spiro atoms. The topological polar surface area (TPSA) is 154 Å². The summed E-state index contributed by atoms with van der Waals surface area (Å²) in [5.74, 6) is 0.825. The highest BCUT2D eigenvalue weighted by Gasteiger charge is 2.57. The van der Waals surface area contributed by atoms with Gasteiger partial charge in [0.15, 0.2) is 0 Å². The Kier molecular flexibility index (Phi) is 13.8. The summed E-state index contributed by atoms with van der Waals surface area (Å²) < 4.78 is 17.5. The van der Waals surface area contributed by atoms with E-state index in [1.54, 1.807) is 0 Å². The summed E-state index contributed by atoms with van der Waals surface area (Å²) in [6.07, 6.45) is 13.0. The predicted molar refractivity (Wildman–Crippen MR) is 224 cm³/mol. The van der Waals surface area contributed by atoms with Gasteiger partial charge in [-0.2, -0.15) is 0 Å². The summed E-state index contributed by atoms with van der Waals surface area (Å²) in [5.41, 5.74) is 15.7. The van der Waals surface area contributed by atoms with Crippen LogP contribution < -0.4 is 11.5 Å². The largest absolute Gasteiger partial charge is 0.481 e. The molecular weight excluding hydrogens is 729 g/mol. The van der Waals surface area contributed by atoms with Crippen molar-refractivity contribution in [1.29, 1.82) is 0 Å². The first-order valence-electron chi connectivity index (χ1n) is 21.0. The van der Waals surface area contributed by atoms with Crippen LogP contribution in [-0.4, -0.2) is 54.1 Å². The van der Waals surface area contributed by atoms with Gasteiger partial charge in [-0.1, -0.05) is 141 Å². The van der Waals surface area contributed by atoms with Crippen LogP contribution in [0.15, 0.2) is 127 Å². The van der Waals surface area contributed by atoms with Gasteiger partial charge in [-0.05, 0) is 81.8 Å². The van der Waals surface area contributed by atoms with Gasteiger partial charge in [0.25, 0.3) is 0 Å². The molecule has 12 atom stereocenters. The summed E-state index contributed by atoms with van der Waals surface area (Å²) in [6, 6.07) is 30.6. The van der Waals surface area contributed by atoms with E-state index in [9.17, 15) is 19.8 Å². The minimum absolute atomic E-state index is 0.0640. The lowest BCUT2D eigenvalue weighted by Gasteiger charge is -2.20. The molecule has 0 aliphatic heterocycles. The zero-order chi connectivity index (χ0) is 40.8. The van der Waals surface area contributed by atoms with Crippen LogP contribution in [0.3, 0.4) is 0 Å². The number of fused-ring (bicyclic) bond motifs is 6. The number of allylic oxidation sites excluding steroid dienone is 4. The van der Waals surface area contributed by atoms with Gasteiger partial charge in [0.2, 0.25) is 0 Å². The molecule has 9 nitrogen and oxygen atoms in total. The van der Waals surface area contributed by atoms with Gasteiger partial charge in [-0.3, -0.25) is 9.59 Å². The predicted octanol–water partition coefficient (Wildman–Crippen LogP) is 7.23. The first kappa shape index (κ1) is 41.8. The Labute approximate surface area is 343 Å². The van der Waals surface area contributed by atoms with Gasteiger partial charge in [0.1, 0.15) is 0 Å². The molecule has 9 heteroatoms. The third-order valence-corrected chi connectivity index (χ3v) is 14.1. The Bertz CT molecular complexity index is 1740. The number of ether oxygens (including phenoxy) is 3. The minimum atomic E-state index is -1.03. The van der Waals surface area contributed by atoms with E-state index in [-0.39, 0.29) is 29.8 Å². The van der Waals surface area contributed by atoms with Gasteiger partial charge in [-0.15, -0.1) is 0 Å². The molecule has 6 aliphatic rings. The van der Waals surface area contributed by atoms with Crippen LogP contribution in [0.25, 0.3) is 0 Å². The second-order valence-corrected chi connectivity index (χ2v) is 17.2. The number of carboxylic acid groups (broad SMARTS) is 2. The van der Waals surface area contributed by atoms with E-state index >= 15 is 0 Å². The first-order valence-corrected chi connectivity index (χ1v) is 21.0. The molecule has 0 aromatic heterocycles. The summed E-state index contributed by atoms with van der Waals surface area (Å²) in [6.45, 7) is 8.69. The van der Waals surface area contributed by atoms with E-state index in [4.69, 9.17) is 25.7 Å². The summed E-state index contributed by atoms with van der Waals surface area (Å²) in [7, 11) is 0. The van der Waals surface area contributed by atoms with Crippen molar-refractivity contribution < 1.29 is 34.0 Å². The standard InChI is InChI=1S/C17H18O5.C17H22O.C15H20N2O/c18-16(19)14-11-6-7-12(15(14)17(20)21)13(11)9-22-8-10-4-2-1-3-5-10;1-12-13(2)16-9-8-15(12)17(16)11-18-10-14-6-4-3-5-7-14;16-14-11-6-7-12(15(14)17)13(11)9-18-8-10-4-2-1-3-5-10/h1-7,11-15H,8-9H2,(H,18,19)(H,20,21);3-9,12-13,15-17H,10-11H2,1-2H3;1-7,11-15H,8-9,16-17H2/t11?,12?,13?,14-,15-;12-,13-,15?,16?,17?;11?,12?,13?,14-,15-/m101/s1. The number of rotatable bonds is 14. The zero-order valence-corrected chi connectivity index (χ0v) is 33.6. The molecule has 0 heterocycles. The molecule has 3 aromatic rings. The molecule has 3 saturated carbocycles. The molecule has 6 N–H and O–H groups in total. The molecule has 6 aliphatic carbocycles. The highest BCUT2D eigenvalue weighted by molar-refractivity contribution is 5.82. The number of carboxylic acids is 2. The third-order valence-electron chi connectivity index (χ3n) is 14.1. The maximum atomic E-state index is 11.4. The number of hydrogen-bond acceptors (Lipinski definition) is 7. The van der Waals surface area contributed by atoms with Crippen LogP contribution in [0, 0.1) is 76.9 Å². The molecular formula is C49H60N2O7. The molecule has 58 heavy (non-hydrogen) atoms. The lowest BCUT2D eigenvalue weighted by Crippen LogP contribution is -2.43. The van der Waals surface area contributed by atoms with Crippen LogP contribution in [0.4, 0.5) is 0 Å². The van der Waals surface area contributed by atoms with Crippen molar-refractivity contribution in [2.24, 2.45) is 88.4 Å². The number of hydrogen-bond donors (Lipinski definition) is 4. The van der Waals surface area contributed by atoms with Gasteiger partial charge in [-0.25, -0.2) is 0 Å². The number of carbonyl (C=O) groups is 2. The van der Waals surface area contributed by atoms with Gasteiger partial charge >= 0.3 is 11.9 Å². The van der Waals surface area contributed by atoms with E-state index < -0.39 is 23.8 Å². The maximum Gasteiger partial charge on any atom is 0.308 e. The fourth-order valence-corrected chi connectivity index (χ4v) is 10.8. The molecule has 6 unspecified atom stereocenters. The Morgan fingerprint density at radius 3 is 1.07 bits per heavy atom. The van der Waals surface area contributed by atoms with Crippen LogP contribution in [0.1, 0.15) is 30.5 Å². The average molecular weight is 789 g/mol. The summed E-state index contributed by atoms with van der Waals surface area (Å²) in [4.78, 5) is 22.8. The van der Waals surface area contributed by atoms with Crippen molar-refractivity contribution in [3.05, 3.63) is 144 Å². The van der Waals surface area contributed by atoms with E-state index in [0.717, 1.165) is 55.0 Å². The van der Waals surface area contributed by atoms with Crippen molar-refractivity contribution in [3.8, 4) is 0 Å². The van der Waals surface area contributed by atoms with Crippen LogP contribution in [-0.2, 0) is 43.6 Å². The van der Waals surface area contributed by atoms with E-state index in [2.05, 4.69) is 74.5 Å². The quantitative estimate of drug-likeness (QED) is 0.124. The fourth-order valence-electron chi connectivity index (χ4n) is 10.8. The van der Waals surface area contributed by atoms with Crippen molar-refractivity contribution in [1.82, 2.24) is 0 Å². The molecule has 308 valence electrons. The van der Waals surface area contributed by atoms with Crippen molar-refractivity contribution in [3.63, 3.8) is 0 Å². The van der Waals surface area contributed by atoms with E-state index in [1.807, 2.05) is 66.7 Å². The molecule has 6 bridgehead atoms. The smallest absolute Gasteiger partial charge is 0.308 e. The lowest BCUT2D eigenvalue weighted by molar-refractivity contribution is -0.154. The van der Waals surface area contributed by atoms with Gasteiger partial charge < -0.3 is 35.9 Å². The Hall–Kier alpha value is -4.38. The molecule has 0 radical (unpaired) electrons. The van der Waals surface area contributed by atoms with Crippen molar-refractivity contribution >= 4 is 11.9 Å². The molecule has 9 rings (SSSR count). The second kappa shape index (κ2) is 19.1. The number of benzene rings is 3. The second-order valence-electron chi connectivity index (χ2n) is 17.2. The Balaban J connectivity index is 0.000000133. The highest BCUT2D eigenvalue weighted by Crippen LogP contribution is 2.53. The Morgan fingerprint density at radius 2 is 0.741 bits per heavy atom. The normalized spacial score (nSPS) is 35.4. The lowest BCUT2D eigenvalue weighted by atomic mass is 9.83. The zero-order valence-electron chi connectivity index (χ0n) is 33.6. The van der Waals surface area contributed by atoms with Gasteiger partial charge in [0, 0.05) is 12.1 Å². The number of aliphatic carboxylic acids is 2.